The van der Waals surface area contributed by atoms with Gasteiger partial charge in [0.25, 0.3) is 6.01 Å². The van der Waals surface area contributed by atoms with E-state index in [1.54, 1.807) is 13.0 Å². The summed E-state index contributed by atoms with van der Waals surface area (Å²) in [6.07, 6.45) is 1.65. The summed E-state index contributed by atoms with van der Waals surface area (Å²) in [6, 6.07) is 14.7. The maximum absolute atomic E-state index is 13.2. The largest absolute Gasteiger partial charge is 0.462 e. The predicted molar refractivity (Wildman–Crippen MR) is 132 cm³/mol. The Bertz CT molecular complexity index is 1580. The number of esters is 1. The molecule has 2 aromatic carbocycles. The number of carbonyl (C=O) groups excluding carboxylic acids is 1. The van der Waals surface area contributed by atoms with Crippen molar-refractivity contribution in [1.82, 2.24) is 9.55 Å². The van der Waals surface area contributed by atoms with Gasteiger partial charge in [-0.15, -0.1) is 0 Å². The number of anilines is 1. The highest BCUT2D eigenvalue weighted by Crippen LogP contribution is 2.38. The summed E-state index contributed by atoms with van der Waals surface area (Å²) in [5.41, 5.74) is 7.31. The number of ether oxygens (including phenoxy) is 1. The molecule has 4 aromatic rings. The Kier molecular flexibility index (Phi) is 5.78. The zero-order valence-corrected chi connectivity index (χ0v) is 20.9. The first-order valence-corrected chi connectivity index (χ1v) is 11.9. The SMILES string of the molecule is CCOC(=O)C1=c2oc(=O)/c(=C\c3ccc(Br)cc3)n2-c2oc(N)nc2C1c1ccc(Br)cc1. The van der Waals surface area contributed by atoms with Gasteiger partial charge in [0.1, 0.15) is 16.6 Å². The van der Waals surface area contributed by atoms with E-state index in [0.717, 1.165) is 20.1 Å². The van der Waals surface area contributed by atoms with Crippen LogP contribution < -0.4 is 22.3 Å². The fraction of sp³-hybridized carbons (Fsp3) is 0.125. The van der Waals surface area contributed by atoms with Gasteiger partial charge in [-0.3, -0.25) is 0 Å². The predicted octanol–water partition coefficient (Wildman–Crippen LogP) is 3.21. The molecule has 5 rings (SSSR count). The number of fused-ring (bicyclic) bond motifs is 3. The standard InChI is InChI=1S/C24H17Br2N3O5/c1-2-32-23(31)18-17(13-5-9-15(26)10-6-13)19-21(34-24(27)28-19)29-16(22(30)33-20(18)29)11-12-3-7-14(25)8-4-12/h3-11,17H,2H2,1H3,(H2,27,28)/b16-11+. The van der Waals surface area contributed by atoms with Crippen LogP contribution in [0.4, 0.5) is 6.01 Å². The van der Waals surface area contributed by atoms with E-state index in [2.05, 4.69) is 36.8 Å². The van der Waals surface area contributed by atoms with E-state index in [9.17, 15) is 9.59 Å². The minimum Gasteiger partial charge on any atom is -0.462 e. The molecule has 3 heterocycles. The summed E-state index contributed by atoms with van der Waals surface area (Å²) in [7, 11) is 0. The fourth-order valence-electron chi connectivity index (χ4n) is 3.95. The minimum atomic E-state index is -0.714. The molecular formula is C24H17Br2N3O5. The Morgan fingerprint density at radius 1 is 1.12 bits per heavy atom. The Hall–Kier alpha value is -3.37. The first-order valence-electron chi connectivity index (χ1n) is 10.3. The van der Waals surface area contributed by atoms with Crippen LogP contribution in [0.3, 0.4) is 0 Å². The van der Waals surface area contributed by atoms with E-state index >= 15 is 0 Å². The summed E-state index contributed by atoms with van der Waals surface area (Å²) >= 11 is 6.82. The van der Waals surface area contributed by atoms with E-state index in [-0.39, 0.29) is 35.0 Å². The van der Waals surface area contributed by atoms with E-state index < -0.39 is 17.5 Å². The van der Waals surface area contributed by atoms with Crippen molar-refractivity contribution in [1.29, 1.82) is 0 Å². The number of oxazole rings is 2. The molecule has 2 aromatic heterocycles. The third kappa shape index (κ3) is 3.82. The smallest absolute Gasteiger partial charge is 0.362 e. The van der Waals surface area contributed by atoms with Gasteiger partial charge in [-0.05, 0) is 48.4 Å². The van der Waals surface area contributed by atoms with Crippen LogP contribution in [0.1, 0.15) is 29.7 Å². The highest BCUT2D eigenvalue weighted by molar-refractivity contribution is 9.10. The van der Waals surface area contributed by atoms with Gasteiger partial charge in [-0.2, -0.15) is 4.98 Å². The summed E-state index contributed by atoms with van der Waals surface area (Å²) in [6.45, 7) is 1.85. The van der Waals surface area contributed by atoms with Gasteiger partial charge in [0.15, 0.2) is 0 Å². The average Bonchev–Trinajstić information content (AvgIpc) is 3.34. The number of benzene rings is 2. The Morgan fingerprint density at radius 3 is 2.41 bits per heavy atom. The molecule has 0 fully saturated rings. The highest BCUT2D eigenvalue weighted by atomic mass is 79.9. The van der Waals surface area contributed by atoms with Crippen LogP contribution in [0.25, 0.3) is 17.5 Å². The van der Waals surface area contributed by atoms with Crippen LogP contribution >= 0.6 is 31.9 Å². The molecule has 172 valence electrons. The monoisotopic (exact) mass is 585 g/mol. The number of nitrogens with two attached hydrogens (primary N) is 1. The Balaban J connectivity index is 1.88. The quantitative estimate of drug-likeness (QED) is 0.365. The molecule has 0 spiro atoms. The summed E-state index contributed by atoms with van der Waals surface area (Å²) in [5, 5.41) is 0.158. The normalized spacial score (nSPS) is 15.2. The zero-order valence-electron chi connectivity index (χ0n) is 17.7. The number of aromatic nitrogens is 2. The van der Waals surface area contributed by atoms with Crippen LogP contribution in [-0.2, 0) is 9.53 Å². The molecule has 0 saturated heterocycles. The molecule has 0 amide bonds. The van der Waals surface area contributed by atoms with E-state index in [4.69, 9.17) is 19.3 Å². The lowest BCUT2D eigenvalue weighted by atomic mass is 9.87. The van der Waals surface area contributed by atoms with Crippen LogP contribution in [-0.4, -0.2) is 22.1 Å². The topological polar surface area (TPSA) is 113 Å². The van der Waals surface area contributed by atoms with E-state index in [1.807, 2.05) is 48.5 Å². The molecule has 1 aliphatic heterocycles. The van der Waals surface area contributed by atoms with Gasteiger partial charge in [0, 0.05) is 8.95 Å². The molecular weight excluding hydrogens is 570 g/mol. The second-order valence-electron chi connectivity index (χ2n) is 7.47. The van der Waals surface area contributed by atoms with Crippen molar-refractivity contribution in [3.8, 4) is 5.88 Å². The fourth-order valence-corrected chi connectivity index (χ4v) is 4.48. The molecule has 0 aliphatic carbocycles. The van der Waals surface area contributed by atoms with Crippen LogP contribution in [0.15, 0.2) is 71.1 Å². The number of carbonyl (C=O) groups is 1. The number of nitrogens with zero attached hydrogens (tertiary/aromatic N) is 2. The second-order valence-corrected chi connectivity index (χ2v) is 9.30. The van der Waals surface area contributed by atoms with Gasteiger partial charge in [-0.1, -0.05) is 56.1 Å². The molecule has 34 heavy (non-hydrogen) atoms. The van der Waals surface area contributed by atoms with Crippen molar-refractivity contribution >= 4 is 55.5 Å². The highest BCUT2D eigenvalue weighted by Gasteiger charge is 2.39. The molecule has 8 nitrogen and oxygen atoms in total. The van der Waals surface area contributed by atoms with Crippen molar-refractivity contribution in [2.24, 2.45) is 0 Å². The number of nitrogen functional groups attached to an aromatic ring is 1. The lowest BCUT2D eigenvalue weighted by Crippen LogP contribution is -2.37. The molecule has 0 saturated carbocycles. The van der Waals surface area contributed by atoms with Crippen LogP contribution in [0, 0.1) is 0 Å². The molecule has 0 bridgehead atoms. The molecule has 0 radical (unpaired) electrons. The first kappa shape index (κ1) is 22.4. The van der Waals surface area contributed by atoms with Crippen molar-refractivity contribution in [3.05, 3.63) is 95.6 Å². The second kappa shape index (κ2) is 8.77. The van der Waals surface area contributed by atoms with Crippen molar-refractivity contribution < 1.29 is 18.4 Å². The third-order valence-corrected chi connectivity index (χ3v) is 6.42. The maximum Gasteiger partial charge on any atom is 0.362 e. The van der Waals surface area contributed by atoms with Gasteiger partial charge >= 0.3 is 11.6 Å². The van der Waals surface area contributed by atoms with E-state index in [0.29, 0.717) is 5.69 Å². The van der Waals surface area contributed by atoms with E-state index in [1.165, 1.54) is 4.57 Å². The zero-order chi connectivity index (χ0) is 24.0. The minimum absolute atomic E-state index is 0.0170. The Labute approximate surface area is 209 Å². The van der Waals surface area contributed by atoms with Crippen molar-refractivity contribution in [2.75, 3.05) is 12.3 Å². The summed E-state index contributed by atoms with van der Waals surface area (Å²) < 4.78 is 19.9. The molecule has 1 atom stereocenters. The third-order valence-electron chi connectivity index (χ3n) is 5.36. The lowest BCUT2D eigenvalue weighted by molar-refractivity contribution is -0.136. The van der Waals surface area contributed by atoms with Crippen molar-refractivity contribution in [2.45, 2.75) is 12.8 Å². The van der Waals surface area contributed by atoms with Gasteiger partial charge in [0.2, 0.25) is 11.4 Å². The van der Waals surface area contributed by atoms with Gasteiger partial charge < -0.3 is 19.3 Å². The Morgan fingerprint density at radius 2 is 1.76 bits per heavy atom. The molecule has 1 unspecified atom stereocenters. The number of halogens is 2. The van der Waals surface area contributed by atoms with Gasteiger partial charge in [-0.25, -0.2) is 14.2 Å². The number of hydrogen-bond acceptors (Lipinski definition) is 7. The van der Waals surface area contributed by atoms with Crippen LogP contribution in [0.5, 0.6) is 0 Å². The molecule has 1 aliphatic rings. The summed E-state index contributed by atoms with van der Waals surface area (Å²) in [5.74, 6) is -1.13. The first-order chi connectivity index (χ1) is 16.4. The van der Waals surface area contributed by atoms with Crippen molar-refractivity contribution in [3.63, 3.8) is 0 Å². The lowest BCUT2D eigenvalue weighted by Gasteiger charge is -2.21. The molecule has 10 heteroatoms. The van der Waals surface area contributed by atoms with Gasteiger partial charge in [0.05, 0.1) is 12.5 Å². The maximum atomic E-state index is 13.2. The summed E-state index contributed by atoms with van der Waals surface area (Å²) in [4.78, 5) is 30.6. The molecule has 2 N–H and O–H groups in total. The number of hydrogen-bond donors (Lipinski definition) is 1. The average molecular weight is 587 g/mol. The van der Waals surface area contributed by atoms with Crippen LogP contribution in [0.2, 0.25) is 0 Å². The number of rotatable bonds is 4.